The van der Waals surface area contributed by atoms with Crippen molar-refractivity contribution in [1.82, 2.24) is 37.2 Å². The first kappa shape index (κ1) is 54.6. The summed E-state index contributed by atoms with van der Waals surface area (Å²) in [5.74, 6) is -5.58. The van der Waals surface area contributed by atoms with E-state index in [9.17, 15) is 53.4 Å². The summed E-state index contributed by atoms with van der Waals surface area (Å²) in [5.41, 5.74) is 1.66. The molecular weight excluding hydrogens is 843 g/mol. The van der Waals surface area contributed by atoms with Crippen molar-refractivity contribution in [2.24, 2.45) is 0 Å². The first-order chi connectivity index (χ1) is 31.0. The monoisotopic (exact) mass is 909 g/mol. The van der Waals surface area contributed by atoms with Gasteiger partial charge in [0.05, 0.1) is 0 Å². The van der Waals surface area contributed by atoms with Gasteiger partial charge in [-0.15, -0.1) is 0 Å². The number of carboxylic acid groups (broad SMARTS) is 3. The van der Waals surface area contributed by atoms with Crippen LogP contribution in [0.5, 0.6) is 0 Å². The Kier molecular flexibility index (Phi) is 26.3. The number of hydrogen-bond acceptors (Lipinski definition) is 9. The van der Waals surface area contributed by atoms with Gasteiger partial charge in [0.15, 0.2) is 0 Å². The number of unbranched alkanes of at least 4 members (excludes halogenated alkanes) is 5. The third kappa shape index (κ3) is 25.4. The number of amides is 7. The second kappa shape index (κ2) is 31.3. The molecule has 0 saturated heterocycles. The van der Waals surface area contributed by atoms with Crippen molar-refractivity contribution in [3.05, 3.63) is 71.8 Å². The number of carboxylic acids is 3. The van der Waals surface area contributed by atoms with Crippen LogP contribution in [0.2, 0.25) is 0 Å². The Balaban J connectivity index is 1.77. The summed E-state index contributed by atoms with van der Waals surface area (Å²) >= 11 is 0. The zero-order valence-corrected chi connectivity index (χ0v) is 37.4. The minimum Gasteiger partial charge on any atom is -0.481 e. The Hall–Kier alpha value is -6.53. The van der Waals surface area contributed by atoms with E-state index in [0.29, 0.717) is 51.6 Å². The summed E-state index contributed by atoms with van der Waals surface area (Å²) in [4.78, 5) is 111. The number of rotatable bonds is 33. The molecule has 0 spiro atoms. The van der Waals surface area contributed by atoms with Crippen molar-refractivity contribution in [3.8, 4) is 0 Å². The summed E-state index contributed by atoms with van der Waals surface area (Å²) < 4.78 is 0. The lowest BCUT2D eigenvalue weighted by atomic mass is 10.0. The van der Waals surface area contributed by atoms with Crippen molar-refractivity contribution in [1.29, 1.82) is 0 Å². The molecule has 19 heteroatoms. The lowest BCUT2D eigenvalue weighted by Gasteiger charge is -2.24. The Morgan fingerprint density at radius 1 is 0.446 bits per heavy atom. The Labute approximate surface area is 380 Å². The van der Waals surface area contributed by atoms with Crippen molar-refractivity contribution in [2.45, 2.75) is 147 Å². The van der Waals surface area contributed by atoms with Crippen molar-refractivity contribution < 1.29 is 58.5 Å². The summed E-state index contributed by atoms with van der Waals surface area (Å²) in [7, 11) is 0. The zero-order valence-electron chi connectivity index (χ0n) is 37.4. The second-order valence-electron chi connectivity index (χ2n) is 16.1. The average molecular weight is 910 g/mol. The minimum absolute atomic E-state index is 0.0128. The highest BCUT2D eigenvalue weighted by Gasteiger charge is 2.28. The lowest BCUT2D eigenvalue weighted by Crippen LogP contribution is -2.55. The minimum atomic E-state index is -1.50. The third-order valence-corrected chi connectivity index (χ3v) is 10.1. The van der Waals surface area contributed by atoms with Crippen LogP contribution in [0.25, 0.3) is 0 Å². The van der Waals surface area contributed by atoms with Crippen LogP contribution in [0.4, 0.5) is 4.79 Å². The maximum absolute atomic E-state index is 13.8. The van der Waals surface area contributed by atoms with Crippen LogP contribution < -0.4 is 37.2 Å². The molecule has 2 aromatic carbocycles. The van der Waals surface area contributed by atoms with Gasteiger partial charge in [-0.2, -0.15) is 0 Å². The van der Waals surface area contributed by atoms with Gasteiger partial charge in [-0.3, -0.25) is 28.8 Å². The van der Waals surface area contributed by atoms with E-state index >= 15 is 0 Å². The Morgan fingerprint density at radius 2 is 0.923 bits per heavy atom. The van der Waals surface area contributed by atoms with Crippen molar-refractivity contribution in [3.63, 3.8) is 0 Å². The second-order valence-corrected chi connectivity index (χ2v) is 16.1. The fourth-order valence-corrected chi connectivity index (χ4v) is 6.67. The lowest BCUT2D eigenvalue weighted by molar-refractivity contribution is -0.141. The fourth-order valence-electron chi connectivity index (χ4n) is 6.67. The molecule has 19 nitrogen and oxygen atoms in total. The van der Waals surface area contributed by atoms with Crippen LogP contribution in [-0.4, -0.2) is 112 Å². The molecule has 4 atom stereocenters. The maximum atomic E-state index is 13.8. The highest BCUT2D eigenvalue weighted by atomic mass is 16.4. The topological polar surface area (TPSA) is 299 Å². The quantitative estimate of drug-likeness (QED) is 0.0463. The van der Waals surface area contributed by atoms with E-state index in [2.05, 4.69) is 37.2 Å². The molecule has 0 aliphatic rings. The van der Waals surface area contributed by atoms with E-state index in [1.807, 2.05) is 74.5 Å². The van der Waals surface area contributed by atoms with Crippen LogP contribution in [0.15, 0.2) is 60.7 Å². The fraction of sp³-hybridized carbons (Fsp3) is 0.543. The molecule has 10 N–H and O–H groups in total. The first-order valence-corrected chi connectivity index (χ1v) is 22.3. The molecule has 65 heavy (non-hydrogen) atoms. The molecule has 0 saturated carbocycles. The zero-order chi connectivity index (χ0) is 48.0. The average Bonchev–Trinajstić information content (AvgIpc) is 3.25. The van der Waals surface area contributed by atoms with Gasteiger partial charge in [-0.1, -0.05) is 79.9 Å². The van der Waals surface area contributed by atoms with Crippen LogP contribution >= 0.6 is 0 Å². The predicted molar refractivity (Wildman–Crippen MR) is 240 cm³/mol. The predicted octanol–water partition coefficient (Wildman–Crippen LogP) is 2.95. The van der Waals surface area contributed by atoms with E-state index in [4.69, 9.17) is 5.11 Å². The van der Waals surface area contributed by atoms with Gasteiger partial charge in [-0.25, -0.2) is 14.4 Å². The normalized spacial score (nSPS) is 12.7. The number of urea groups is 1. The standard InChI is InChI=1S/C46H67N7O12/c1-31(2)49-39(55)23-16-24-40(56)50-37(30-33-19-10-7-11-20-33)43(60)51-36(29-32-17-8-6-9-18-32)42(59)48-28-14-5-3-4-12-22-38(54)47-27-15-13-21-34(44(61)62)52-46(65)53-35(45(63)64)25-26-41(57)58/h6-11,17-20,31,34-37H,3-5,12-16,21-30H2,1-2H3,(H,47,54)(H,48,59)(H,49,55)(H,50,56)(H,51,60)(H,57,58)(H,61,62)(H,63,64)(H2,52,53,65). The molecule has 358 valence electrons. The van der Waals surface area contributed by atoms with Gasteiger partial charge in [0.2, 0.25) is 29.5 Å². The Morgan fingerprint density at radius 3 is 1.48 bits per heavy atom. The molecule has 0 bridgehead atoms. The number of hydrogen-bond donors (Lipinski definition) is 10. The van der Waals surface area contributed by atoms with Gasteiger partial charge in [-0.05, 0) is 69.9 Å². The molecule has 0 heterocycles. The number of carbonyl (C=O) groups excluding carboxylic acids is 6. The van der Waals surface area contributed by atoms with Gasteiger partial charge in [0.25, 0.3) is 0 Å². The Bertz CT molecular complexity index is 1830. The molecule has 2 aromatic rings. The summed E-state index contributed by atoms with van der Waals surface area (Å²) in [5, 5.41) is 45.9. The van der Waals surface area contributed by atoms with Gasteiger partial charge < -0.3 is 52.5 Å². The molecule has 0 fully saturated rings. The van der Waals surface area contributed by atoms with E-state index in [0.717, 1.165) is 30.4 Å². The smallest absolute Gasteiger partial charge is 0.326 e. The molecule has 0 aliphatic carbocycles. The molecule has 0 aliphatic heterocycles. The summed E-state index contributed by atoms with van der Waals surface area (Å²) in [6.45, 7) is 4.37. The number of benzene rings is 2. The largest absolute Gasteiger partial charge is 0.481 e. The summed E-state index contributed by atoms with van der Waals surface area (Å²) in [6.07, 6.45) is 4.89. The van der Waals surface area contributed by atoms with Crippen LogP contribution in [0.1, 0.15) is 115 Å². The number of carbonyl (C=O) groups is 9. The molecule has 0 radical (unpaired) electrons. The number of aliphatic carboxylic acids is 3. The molecule has 7 amide bonds. The summed E-state index contributed by atoms with van der Waals surface area (Å²) in [6, 6.07) is 12.7. The van der Waals surface area contributed by atoms with E-state index in [-0.39, 0.29) is 68.2 Å². The van der Waals surface area contributed by atoms with Gasteiger partial charge in [0.1, 0.15) is 24.2 Å². The van der Waals surface area contributed by atoms with E-state index < -0.39 is 60.4 Å². The molecule has 4 unspecified atom stereocenters. The molecule has 0 aromatic heterocycles. The van der Waals surface area contributed by atoms with Crippen molar-refractivity contribution >= 4 is 53.5 Å². The number of nitrogens with one attached hydrogen (secondary N) is 7. The van der Waals surface area contributed by atoms with Gasteiger partial charge >= 0.3 is 23.9 Å². The van der Waals surface area contributed by atoms with Gasteiger partial charge in [0, 0.05) is 57.7 Å². The maximum Gasteiger partial charge on any atom is 0.326 e. The van der Waals surface area contributed by atoms with Crippen LogP contribution in [0.3, 0.4) is 0 Å². The highest BCUT2D eigenvalue weighted by molar-refractivity contribution is 5.92. The van der Waals surface area contributed by atoms with E-state index in [1.165, 1.54) is 0 Å². The van der Waals surface area contributed by atoms with Crippen LogP contribution in [0, 0.1) is 0 Å². The highest BCUT2D eigenvalue weighted by Crippen LogP contribution is 2.10. The van der Waals surface area contributed by atoms with Crippen LogP contribution in [-0.2, 0) is 51.2 Å². The van der Waals surface area contributed by atoms with Crippen molar-refractivity contribution in [2.75, 3.05) is 13.1 Å². The molecular formula is C46H67N7O12. The molecule has 2 rings (SSSR count). The van der Waals surface area contributed by atoms with E-state index in [1.54, 1.807) is 0 Å². The third-order valence-electron chi connectivity index (χ3n) is 10.1. The SMILES string of the molecule is CC(C)NC(=O)CCCC(=O)NC(Cc1ccccc1)C(=O)NC(Cc1ccccc1)C(=O)NCCCCCCCC(=O)NCCCCC(NC(=O)NC(CCC(=O)O)C(=O)O)C(=O)O. The first-order valence-electron chi connectivity index (χ1n) is 22.3.